The van der Waals surface area contributed by atoms with Gasteiger partial charge in [0.15, 0.2) is 0 Å². The van der Waals surface area contributed by atoms with E-state index in [1.807, 2.05) is 6.92 Å². The van der Waals surface area contributed by atoms with Gasteiger partial charge in [0.1, 0.15) is 11.6 Å². The number of methoxy groups -OCH3 is 1. The number of alkyl carbamates (subject to hydrolysis) is 1. The number of ether oxygens (including phenoxy) is 2. The molecule has 0 bridgehead atoms. The Morgan fingerprint density at radius 3 is 2.16 bits per heavy atom. The van der Waals surface area contributed by atoms with E-state index in [-0.39, 0.29) is 37.2 Å². The van der Waals surface area contributed by atoms with Crippen LogP contribution in [0.1, 0.15) is 92.4 Å². The molecule has 0 unspecified atom stereocenters. The molecule has 0 aromatic carbocycles. The van der Waals surface area contributed by atoms with Gasteiger partial charge in [-0.05, 0) is 47.0 Å². The van der Waals surface area contributed by atoms with Gasteiger partial charge in [0, 0.05) is 25.4 Å². The summed E-state index contributed by atoms with van der Waals surface area (Å²) in [4.78, 5) is 50.5. The molecule has 0 saturated heterocycles. The number of rotatable bonds is 15. The van der Waals surface area contributed by atoms with Gasteiger partial charge in [-0.3, -0.25) is 14.4 Å². The molecule has 186 valence electrons. The number of hydrogen-bond acceptors (Lipinski definition) is 6. The van der Waals surface area contributed by atoms with Crippen LogP contribution in [0.3, 0.4) is 0 Å². The maximum atomic E-state index is 13.4. The Morgan fingerprint density at radius 2 is 1.66 bits per heavy atom. The van der Waals surface area contributed by atoms with E-state index >= 15 is 0 Å². The average Bonchev–Trinajstić information content (AvgIpc) is 2.68. The number of nitrogens with zero attached hydrogens (tertiary/aromatic N) is 1. The van der Waals surface area contributed by atoms with E-state index in [2.05, 4.69) is 17.0 Å². The van der Waals surface area contributed by atoms with Crippen molar-refractivity contribution in [2.75, 3.05) is 13.7 Å². The molecule has 9 nitrogen and oxygen atoms in total. The van der Waals surface area contributed by atoms with Crippen molar-refractivity contribution in [3.8, 4) is 0 Å². The van der Waals surface area contributed by atoms with Crippen molar-refractivity contribution in [3.63, 3.8) is 0 Å². The molecule has 0 fully saturated rings. The average molecular weight is 458 g/mol. The number of carbonyl (C=O) groups is 4. The van der Waals surface area contributed by atoms with E-state index in [0.29, 0.717) is 19.4 Å². The summed E-state index contributed by atoms with van der Waals surface area (Å²) in [5.41, 5.74) is 4.73. The van der Waals surface area contributed by atoms with Crippen LogP contribution in [0.4, 0.5) is 4.79 Å². The summed E-state index contributed by atoms with van der Waals surface area (Å²) in [6.07, 6.45) is 4.79. The number of nitrogens with two attached hydrogens (primary N) is 1. The quantitative estimate of drug-likeness (QED) is 0.287. The van der Waals surface area contributed by atoms with Crippen molar-refractivity contribution >= 4 is 23.9 Å². The Morgan fingerprint density at radius 1 is 1.00 bits per heavy atom. The van der Waals surface area contributed by atoms with Gasteiger partial charge >= 0.3 is 12.1 Å². The molecule has 0 aliphatic heterocycles. The minimum Gasteiger partial charge on any atom is -0.469 e. The third kappa shape index (κ3) is 13.2. The number of unbranched alkanes of at least 4 members (excludes halogenated alkanes) is 3. The van der Waals surface area contributed by atoms with Crippen molar-refractivity contribution in [3.05, 3.63) is 0 Å². The van der Waals surface area contributed by atoms with Crippen LogP contribution < -0.4 is 11.1 Å². The van der Waals surface area contributed by atoms with E-state index in [9.17, 15) is 19.2 Å². The lowest BCUT2D eigenvalue weighted by molar-refractivity contribution is -0.141. The molecule has 0 aliphatic rings. The van der Waals surface area contributed by atoms with Crippen molar-refractivity contribution in [1.29, 1.82) is 0 Å². The number of hydrogen-bond donors (Lipinski definition) is 2. The second-order valence-corrected chi connectivity index (χ2v) is 8.97. The van der Waals surface area contributed by atoms with E-state index in [4.69, 9.17) is 10.5 Å². The van der Waals surface area contributed by atoms with Crippen LogP contribution in [0.2, 0.25) is 0 Å². The van der Waals surface area contributed by atoms with Gasteiger partial charge in [0.2, 0.25) is 11.8 Å². The number of amides is 3. The molecule has 2 atom stereocenters. The molecule has 0 rings (SSSR count). The van der Waals surface area contributed by atoms with Crippen LogP contribution in [0, 0.1) is 0 Å². The predicted molar refractivity (Wildman–Crippen MR) is 123 cm³/mol. The smallest absolute Gasteiger partial charge is 0.408 e. The summed E-state index contributed by atoms with van der Waals surface area (Å²) in [5.74, 6) is -1.17. The summed E-state index contributed by atoms with van der Waals surface area (Å²) in [6, 6.07) is -1.23. The lowest BCUT2D eigenvalue weighted by Gasteiger charge is -2.34. The normalized spacial score (nSPS) is 13.1. The first kappa shape index (κ1) is 29.7. The highest BCUT2D eigenvalue weighted by Crippen LogP contribution is 2.18. The van der Waals surface area contributed by atoms with Crippen molar-refractivity contribution in [2.24, 2.45) is 5.73 Å². The van der Waals surface area contributed by atoms with Crippen LogP contribution in [-0.2, 0) is 23.9 Å². The number of likely N-dealkylation sites (N-methyl/N-ethyl adjacent to an activating group) is 1. The first-order valence-electron chi connectivity index (χ1n) is 11.6. The van der Waals surface area contributed by atoms with Crippen LogP contribution in [0.5, 0.6) is 0 Å². The van der Waals surface area contributed by atoms with Crippen LogP contribution >= 0.6 is 0 Å². The first-order valence-corrected chi connectivity index (χ1v) is 11.6. The predicted octanol–water partition coefficient (Wildman–Crippen LogP) is 3.29. The number of esters is 1. The van der Waals surface area contributed by atoms with Crippen LogP contribution in [-0.4, -0.2) is 60.1 Å². The van der Waals surface area contributed by atoms with Crippen LogP contribution in [0.15, 0.2) is 0 Å². The Kier molecular flexibility index (Phi) is 14.4. The SMILES string of the molecule is CCCCCC[C@@H](CC(N)=O)N(CC)C(=O)[C@H](CCCC(=O)OC)NC(=O)OC(C)(C)C. The maximum Gasteiger partial charge on any atom is 0.408 e. The van der Waals surface area contributed by atoms with Gasteiger partial charge < -0.3 is 25.4 Å². The molecule has 0 aliphatic carbocycles. The standard InChI is InChI=1S/C23H43N3O6/c1-7-9-10-11-13-17(16-19(24)27)26(8-2)21(29)18(14-12-15-20(28)31-6)25-22(30)32-23(3,4)5/h17-18H,7-16H2,1-6H3,(H2,24,27)(H,25,30)/t17-,18-/m0/s1. The first-order chi connectivity index (χ1) is 14.9. The highest BCUT2D eigenvalue weighted by atomic mass is 16.6. The zero-order chi connectivity index (χ0) is 24.7. The fourth-order valence-corrected chi connectivity index (χ4v) is 3.46. The summed E-state index contributed by atoms with van der Waals surface area (Å²) in [6.45, 7) is 9.52. The zero-order valence-electron chi connectivity index (χ0n) is 20.7. The molecule has 0 aromatic heterocycles. The molecule has 0 spiro atoms. The third-order valence-electron chi connectivity index (χ3n) is 4.98. The molecule has 32 heavy (non-hydrogen) atoms. The molecule has 0 aromatic rings. The topological polar surface area (TPSA) is 128 Å². The van der Waals surface area contributed by atoms with Gasteiger partial charge in [-0.2, -0.15) is 0 Å². The molecule has 3 N–H and O–H groups in total. The fraction of sp³-hybridized carbons (Fsp3) is 0.826. The van der Waals surface area contributed by atoms with Crippen LogP contribution in [0.25, 0.3) is 0 Å². The Hall–Kier alpha value is -2.32. The minimum absolute atomic E-state index is 0.0625. The molecular weight excluding hydrogens is 414 g/mol. The molecular formula is C23H43N3O6. The Labute approximate surface area is 192 Å². The lowest BCUT2D eigenvalue weighted by atomic mass is 10.0. The van der Waals surface area contributed by atoms with Gasteiger partial charge in [0.25, 0.3) is 0 Å². The summed E-state index contributed by atoms with van der Waals surface area (Å²) >= 11 is 0. The number of primary amides is 1. The minimum atomic E-state index is -0.888. The highest BCUT2D eigenvalue weighted by molar-refractivity contribution is 5.86. The molecule has 3 amide bonds. The van der Waals surface area contributed by atoms with E-state index < -0.39 is 23.6 Å². The van der Waals surface area contributed by atoms with Crippen molar-refractivity contribution in [1.82, 2.24) is 10.2 Å². The summed E-state index contributed by atoms with van der Waals surface area (Å²) < 4.78 is 9.97. The molecule has 9 heteroatoms. The number of carbonyl (C=O) groups excluding carboxylic acids is 4. The van der Waals surface area contributed by atoms with E-state index in [1.165, 1.54) is 7.11 Å². The van der Waals surface area contributed by atoms with Gasteiger partial charge in [-0.1, -0.05) is 32.6 Å². The Bertz CT molecular complexity index is 603. The fourth-order valence-electron chi connectivity index (χ4n) is 3.46. The van der Waals surface area contributed by atoms with Crippen molar-refractivity contribution < 1.29 is 28.7 Å². The second kappa shape index (κ2) is 15.5. The largest absolute Gasteiger partial charge is 0.469 e. The van der Waals surface area contributed by atoms with Gasteiger partial charge in [-0.15, -0.1) is 0 Å². The Balaban J connectivity index is 5.49. The van der Waals surface area contributed by atoms with Gasteiger partial charge in [-0.25, -0.2) is 4.79 Å². The van der Waals surface area contributed by atoms with Gasteiger partial charge in [0.05, 0.1) is 7.11 Å². The molecule has 0 saturated carbocycles. The lowest BCUT2D eigenvalue weighted by Crippen LogP contribution is -2.53. The second-order valence-electron chi connectivity index (χ2n) is 8.97. The van der Waals surface area contributed by atoms with Crippen molar-refractivity contribution in [2.45, 2.75) is 110 Å². The molecule has 0 radical (unpaired) electrons. The highest BCUT2D eigenvalue weighted by Gasteiger charge is 2.31. The number of nitrogens with one attached hydrogen (secondary N) is 1. The maximum absolute atomic E-state index is 13.4. The summed E-state index contributed by atoms with van der Waals surface area (Å²) in [5, 5.41) is 2.64. The monoisotopic (exact) mass is 457 g/mol. The zero-order valence-corrected chi connectivity index (χ0v) is 20.7. The third-order valence-corrected chi connectivity index (χ3v) is 4.98. The molecule has 0 heterocycles. The van der Waals surface area contributed by atoms with E-state index in [0.717, 1.165) is 25.7 Å². The summed E-state index contributed by atoms with van der Waals surface area (Å²) in [7, 11) is 1.30. The van der Waals surface area contributed by atoms with E-state index in [1.54, 1.807) is 25.7 Å².